The van der Waals surface area contributed by atoms with Crippen LogP contribution < -0.4 is 5.32 Å². The monoisotopic (exact) mass is 242 g/mol. The molecular formula is C14H30N2O. The van der Waals surface area contributed by atoms with Gasteiger partial charge in [-0.05, 0) is 45.2 Å². The van der Waals surface area contributed by atoms with Gasteiger partial charge in [0.15, 0.2) is 0 Å². The van der Waals surface area contributed by atoms with Gasteiger partial charge in [0.1, 0.15) is 0 Å². The van der Waals surface area contributed by atoms with E-state index in [1.54, 1.807) is 0 Å². The van der Waals surface area contributed by atoms with E-state index in [2.05, 4.69) is 37.9 Å². The molecule has 0 amide bonds. The first kappa shape index (κ1) is 14.9. The first-order valence-electron chi connectivity index (χ1n) is 7.16. The van der Waals surface area contributed by atoms with E-state index < -0.39 is 0 Å². The molecule has 1 N–H and O–H groups in total. The second-order valence-electron chi connectivity index (χ2n) is 5.55. The Balaban J connectivity index is 2.61. The third-order valence-electron chi connectivity index (χ3n) is 3.98. The van der Waals surface area contributed by atoms with Crippen molar-refractivity contribution in [2.45, 2.75) is 46.6 Å². The minimum atomic E-state index is 0.425. The van der Waals surface area contributed by atoms with E-state index in [1.807, 2.05) is 0 Å². The van der Waals surface area contributed by atoms with Gasteiger partial charge in [0, 0.05) is 32.3 Å². The summed E-state index contributed by atoms with van der Waals surface area (Å²) in [6.45, 7) is 15.5. The molecule has 0 aromatic heterocycles. The molecule has 0 unspecified atom stereocenters. The molecule has 0 aliphatic carbocycles. The maximum absolute atomic E-state index is 5.53. The molecule has 1 aliphatic rings. The third kappa shape index (κ3) is 4.57. The molecule has 1 fully saturated rings. The van der Waals surface area contributed by atoms with E-state index in [9.17, 15) is 0 Å². The Bertz CT molecular complexity index is 200. The zero-order valence-electron chi connectivity index (χ0n) is 12.1. The van der Waals surface area contributed by atoms with E-state index in [0.29, 0.717) is 11.5 Å². The Kier molecular flexibility index (Phi) is 6.45. The fourth-order valence-electron chi connectivity index (χ4n) is 2.68. The molecule has 17 heavy (non-hydrogen) atoms. The van der Waals surface area contributed by atoms with Gasteiger partial charge in [-0.1, -0.05) is 13.8 Å². The van der Waals surface area contributed by atoms with Crippen LogP contribution in [-0.4, -0.2) is 50.3 Å². The van der Waals surface area contributed by atoms with Gasteiger partial charge in [0.25, 0.3) is 0 Å². The van der Waals surface area contributed by atoms with Crippen LogP contribution >= 0.6 is 0 Å². The van der Waals surface area contributed by atoms with Crippen LogP contribution in [0.5, 0.6) is 0 Å². The van der Waals surface area contributed by atoms with E-state index in [0.717, 1.165) is 32.8 Å². The van der Waals surface area contributed by atoms with Gasteiger partial charge in [-0.3, -0.25) is 0 Å². The van der Waals surface area contributed by atoms with Gasteiger partial charge in [0.2, 0.25) is 0 Å². The van der Waals surface area contributed by atoms with Gasteiger partial charge in [-0.2, -0.15) is 0 Å². The summed E-state index contributed by atoms with van der Waals surface area (Å²) >= 11 is 0. The summed E-state index contributed by atoms with van der Waals surface area (Å²) in [5.41, 5.74) is 0.425. The maximum atomic E-state index is 5.53. The SMILES string of the molecule is CCNCC1(CN(CC)C(C)C)CCOCC1. The van der Waals surface area contributed by atoms with Crippen LogP contribution in [0.2, 0.25) is 0 Å². The van der Waals surface area contributed by atoms with E-state index in [1.165, 1.54) is 19.4 Å². The molecule has 0 radical (unpaired) electrons. The molecule has 3 nitrogen and oxygen atoms in total. The molecule has 0 aromatic rings. The van der Waals surface area contributed by atoms with Crippen molar-refractivity contribution in [3.8, 4) is 0 Å². The maximum Gasteiger partial charge on any atom is 0.0472 e. The van der Waals surface area contributed by atoms with Crippen molar-refractivity contribution in [2.75, 3.05) is 39.4 Å². The normalized spacial score (nSPS) is 20.1. The number of ether oxygens (including phenoxy) is 1. The van der Waals surface area contributed by atoms with Crippen molar-refractivity contribution in [1.82, 2.24) is 10.2 Å². The molecule has 0 atom stereocenters. The summed E-state index contributed by atoms with van der Waals surface area (Å²) in [4.78, 5) is 2.59. The highest BCUT2D eigenvalue weighted by atomic mass is 16.5. The van der Waals surface area contributed by atoms with Gasteiger partial charge >= 0.3 is 0 Å². The molecule has 102 valence electrons. The van der Waals surface area contributed by atoms with Crippen molar-refractivity contribution in [2.24, 2.45) is 5.41 Å². The molecule has 0 aromatic carbocycles. The predicted molar refractivity (Wildman–Crippen MR) is 73.4 cm³/mol. The minimum absolute atomic E-state index is 0.425. The first-order chi connectivity index (χ1) is 8.13. The molecule has 3 heteroatoms. The van der Waals surface area contributed by atoms with Crippen LogP contribution in [0.4, 0.5) is 0 Å². The second kappa shape index (κ2) is 7.34. The van der Waals surface area contributed by atoms with Crippen LogP contribution in [0, 0.1) is 5.41 Å². The van der Waals surface area contributed by atoms with E-state index in [4.69, 9.17) is 4.74 Å². The molecule has 0 saturated carbocycles. The van der Waals surface area contributed by atoms with E-state index in [-0.39, 0.29) is 0 Å². The first-order valence-corrected chi connectivity index (χ1v) is 7.16. The average Bonchev–Trinajstić information content (AvgIpc) is 2.34. The summed E-state index contributed by atoms with van der Waals surface area (Å²) in [5, 5.41) is 3.54. The lowest BCUT2D eigenvalue weighted by Gasteiger charge is -2.42. The summed E-state index contributed by atoms with van der Waals surface area (Å²) in [5.74, 6) is 0. The fraction of sp³-hybridized carbons (Fsp3) is 1.00. The van der Waals surface area contributed by atoms with Crippen LogP contribution in [0.3, 0.4) is 0 Å². The van der Waals surface area contributed by atoms with Gasteiger partial charge in [0.05, 0.1) is 0 Å². The predicted octanol–water partition coefficient (Wildman–Crippen LogP) is 2.12. The standard InChI is InChI=1S/C14H30N2O/c1-5-15-11-14(7-9-17-10-8-14)12-16(6-2)13(3)4/h13,15H,5-12H2,1-4H3. The lowest BCUT2D eigenvalue weighted by Crippen LogP contribution is -2.49. The quantitative estimate of drug-likeness (QED) is 0.740. The molecule has 1 aliphatic heterocycles. The molecule has 1 rings (SSSR count). The topological polar surface area (TPSA) is 24.5 Å². The third-order valence-corrected chi connectivity index (χ3v) is 3.98. The molecule has 0 spiro atoms. The molecular weight excluding hydrogens is 212 g/mol. The van der Waals surface area contributed by atoms with Crippen molar-refractivity contribution < 1.29 is 4.74 Å². The fourth-order valence-corrected chi connectivity index (χ4v) is 2.68. The Morgan fingerprint density at radius 2 is 1.88 bits per heavy atom. The Morgan fingerprint density at radius 3 is 2.35 bits per heavy atom. The average molecular weight is 242 g/mol. The summed E-state index contributed by atoms with van der Waals surface area (Å²) in [6, 6.07) is 0.640. The molecule has 0 bridgehead atoms. The zero-order valence-corrected chi connectivity index (χ0v) is 12.1. The van der Waals surface area contributed by atoms with Crippen LogP contribution in [0.15, 0.2) is 0 Å². The second-order valence-corrected chi connectivity index (χ2v) is 5.55. The van der Waals surface area contributed by atoms with Crippen molar-refractivity contribution in [3.63, 3.8) is 0 Å². The van der Waals surface area contributed by atoms with Gasteiger partial charge < -0.3 is 15.0 Å². The summed E-state index contributed by atoms with van der Waals surface area (Å²) < 4.78 is 5.53. The smallest absolute Gasteiger partial charge is 0.0472 e. The summed E-state index contributed by atoms with van der Waals surface area (Å²) in [7, 11) is 0. The molecule has 1 heterocycles. The van der Waals surface area contributed by atoms with Crippen LogP contribution in [0.25, 0.3) is 0 Å². The minimum Gasteiger partial charge on any atom is -0.381 e. The number of hydrogen-bond acceptors (Lipinski definition) is 3. The zero-order chi connectivity index (χ0) is 12.7. The highest BCUT2D eigenvalue weighted by molar-refractivity contribution is 4.87. The number of nitrogens with zero attached hydrogens (tertiary/aromatic N) is 1. The van der Waals surface area contributed by atoms with E-state index >= 15 is 0 Å². The van der Waals surface area contributed by atoms with Crippen molar-refractivity contribution >= 4 is 0 Å². The molecule has 1 saturated heterocycles. The number of hydrogen-bond donors (Lipinski definition) is 1. The Morgan fingerprint density at radius 1 is 1.24 bits per heavy atom. The van der Waals surface area contributed by atoms with Gasteiger partial charge in [-0.25, -0.2) is 0 Å². The Labute approximate surface area is 107 Å². The lowest BCUT2D eigenvalue weighted by molar-refractivity contribution is -0.00825. The largest absolute Gasteiger partial charge is 0.381 e. The highest BCUT2D eigenvalue weighted by Gasteiger charge is 2.34. The lowest BCUT2D eigenvalue weighted by atomic mass is 9.79. The summed E-state index contributed by atoms with van der Waals surface area (Å²) in [6.07, 6.45) is 2.40. The Hall–Kier alpha value is -0.120. The number of rotatable bonds is 7. The van der Waals surface area contributed by atoms with Crippen LogP contribution in [0.1, 0.15) is 40.5 Å². The van der Waals surface area contributed by atoms with Crippen molar-refractivity contribution in [1.29, 1.82) is 0 Å². The van der Waals surface area contributed by atoms with Crippen LogP contribution in [-0.2, 0) is 4.74 Å². The van der Waals surface area contributed by atoms with Crippen molar-refractivity contribution in [3.05, 3.63) is 0 Å². The highest BCUT2D eigenvalue weighted by Crippen LogP contribution is 2.31. The number of nitrogens with one attached hydrogen (secondary N) is 1. The van der Waals surface area contributed by atoms with Gasteiger partial charge in [-0.15, -0.1) is 0 Å².